The third kappa shape index (κ3) is 6.92. The summed E-state index contributed by atoms with van der Waals surface area (Å²) >= 11 is 11.9. The van der Waals surface area contributed by atoms with Gasteiger partial charge in [0.05, 0.1) is 23.0 Å². The molecule has 0 aliphatic carbocycles. The van der Waals surface area contributed by atoms with Crippen LogP contribution in [0, 0.1) is 0 Å². The lowest BCUT2D eigenvalue weighted by molar-refractivity contribution is -0.126. The topological polar surface area (TPSA) is 79.8 Å². The van der Waals surface area contributed by atoms with Crippen molar-refractivity contribution in [2.45, 2.75) is 26.4 Å². The Morgan fingerprint density at radius 3 is 2.59 bits per heavy atom. The lowest BCUT2D eigenvalue weighted by atomic mass is 10.2. The molecule has 0 fully saturated rings. The molecular weight excluding hydrogens is 389 g/mol. The van der Waals surface area contributed by atoms with Crippen molar-refractivity contribution in [2.75, 3.05) is 5.32 Å². The van der Waals surface area contributed by atoms with Crippen LogP contribution >= 0.6 is 23.2 Å². The molecule has 0 saturated carbocycles. The van der Waals surface area contributed by atoms with Crippen LogP contribution < -0.4 is 15.5 Å². The first-order valence-electron chi connectivity index (χ1n) is 8.17. The number of hydrazone groups is 1. The van der Waals surface area contributed by atoms with Crippen LogP contribution in [-0.2, 0) is 9.59 Å². The summed E-state index contributed by atoms with van der Waals surface area (Å²) in [5.41, 5.74) is 3.35. The lowest BCUT2D eigenvalue weighted by Crippen LogP contribution is -2.24. The van der Waals surface area contributed by atoms with Crippen LogP contribution in [0.5, 0.6) is 5.75 Å². The van der Waals surface area contributed by atoms with Crippen LogP contribution in [0.15, 0.2) is 47.6 Å². The fourth-order valence-electron chi connectivity index (χ4n) is 2.10. The molecule has 2 aromatic carbocycles. The number of hydrogen-bond donors (Lipinski definition) is 2. The van der Waals surface area contributed by atoms with E-state index >= 15 is 0 Å². The zero-order valence-corrected chi connectivity index (χ0v) is 16.3. The number of carbonyl (C=O) groups excluding carboxylic acids is 2. The fourth-order valence-corrected chi connectivity index (χ4v) is 2.46. The van der Waals surface area contributed by atoms with E-state index in [0.29, 0.717) is 27.0 Å². The fraction of sp³-hybridized carbons (Fsp3) is 0.211. The Kier molecular flexibility index (Phi) is 7.64. The summed E-state index contributed by atoms with van der Waals surface area (Å²) in [5, 5.41) is 7.33. The second-order valence-corrected chi connectivity index (χ2v) is 6.69. The summed E-state index contributed by atoms with van der Waals surface area (Å²) in [4.78, 5) is 23.8. The number of anilines is 1. The van der Waals surface area contributed by atoms with Crippen molar-refractivity contribution in [1.29, 1.82) is 0 Å². The molecule has 0 radical (unpaired) electrons. The first kappa shape index (κ1) is 20.7. The highest BCUT2D eigenvalue weighted by atomic mass is 35.5. The summed E-state index contributed by atoms with van der Waals surface area (Å²) in [6.07, 6.45) is 0.988. The van der Waals surface area contributed by atoms with Crippen LogP contribution in [0.1, 0.15) is 25.8 Å². The van der Waals surface area contributed by atoms with E-state index in [1.165, 1.54) is 6.21 Å². The highest BCUT2D eigenvalue weighted by molar-refractivity contribution is 6.33. The minimum Gasteiger partial charge on any atom is -0.490 e. The first-order valence-corrected chi connectivity index (χ1v) is 8.93. The molecule has 0 unspecified atom stereocenters. The van der Waals surface area contributed by atoms with Crippen molar-refractivity contribution < 1.29 is 14.3 Å². The number of carbonyl (C=O) groups is 2. The molecule has 0 atom stereocenters. The van der Waals surface area contributed by atoms with E-state index in [1.807, 2.05) is 13.8 Å². The number of nitrogens with zero attached hydrogens (tertiary/aromatic N) is 1. The molecule has 8 heteroatoms. The van der Waals surface area contributed by atoms with Crippen molar-refractivity contribution in [3.8, 4) is 5.75 Å². The number of rotatable bonds is 7. The normalized spacial score (nSPS) is 10.9. The van der Waals surface area contributed by atoms with Gasteiger partial charge in [0.1, 0.15) is 12.2 Å². The molecule has 0 heterocycles. The molecule has 6 nitrogen and oxygen atoms in total. The summed E-state index contributed by atoms with van der Waals surface area (Å²) in [6, 6.07) is 11.9. The summed E-state index contributed by atoms with van der Waals surface area (Å²) in [7, 11) is 0. The molecule has 142 valence electrons. The zero-order valence-electron chi connectivity index (χ0n) is 14.8. The third-order valence-corrected chi connectivity index (χ3v) is 3.76. The van der Waals surface area contributed by atoms with Gasteiger partial charge in [-0.15, -0.1) is 0 Å². The number of amides is 2. The minimum atomic E-state index is -0.566. The summed E-state index contributed by atoms with van der Waals surface area (Å²) in [5.74, 6) is -0.476. The maximum atomic E-state index is 11.9. The van der Waals surface area contributed by atoms with Gasteiger partial charge in [-0.3, -0.25) is 9.59 Å². The quantitative estimate of drug-likeness (QED) is 0.408. The lowest BCUT2D eigenvalue weighted by Gasteiger charge is -2.12. The Bertz CT molecular complexity index is 854. The molecule has 0 spiro atoms. The zero-order chi connectivity index (χ0) is 19.8. The van der Waals surface area contributed by atoms with Crippen molar-refractivity contribution >= 4 is 46.9 Å². The number of para-hydroxylation sites is 1. The van der Waals surface area contributed by atoms with Gasteiger partial charge < -0.3 is 10.1 Å². The molecule has 0 saturated heterocycles. The molecular formula is C19H19Cl2N3O3. The van der Waals surface area contributed by atoms with E-state index in [2.05, 4.69) is 15.8 Å². The molecule has 2 rings (SSSR count). The average Bonchev–Trinajstić information content (AvgIpc) is 2.59. The van der Waals surface area contributed by atoms with Crippen LogP contribution in [0.25, 0.3) is 0 Å². The van der Waals surface area contributed by atoms with Crippen LogP contribution in [0.3, 0.4) is 0 Å². The summed E-state index contributed by atoms with van der Waals surface area (Å²) < 4.78 is 5.66. The summed E-state index contributed by atoms with van der Waals surface area (Å²) in [6.45, 7) is 3.80. The second-order valence-electron chi connectivity index (χ2n) is 5.85. The van der Waals surface area contributed by atoms with Crippen LogP contribution in [0.4, 0.5) is 5.69 Å². The van der Waals surface area contributed by atoms with Gasteiger partial charge in [0.2, 0.25) is 11.8 Å². The maximum absolute atomic E-state index is 11.9. The Morgan fingerprint density at radius 1 is 1.15 bits per heavy atom. The molecule has 0 aromatic heterocycles. The van der Waals surface area contributed by atoms with Gasteiger partial charge in [-0.25, -0.2) is 5.43 Å². The van der Waals surface area contributed by atoms with Crippen LogP contribution in [0.2, 0.25) is 10.0 Å². The molecule has 2 amide bonds. The Morgan fingerprint density at radius 2 is 1.89 bits per heavy atom. The van der Waals surface area contributed by atoms with Gasteiger partial charge in [0, 0.05) is 10.6 Å². The predicted molar refractivity (Wildman–Crippen MR) is 108 cm³/mol. The molecule has 2 N–H and O–H groups in total. The van der Waals surface area contributed by atoms with Gasteiger partial charge in [0.25, 0.3) is 0 Å². The molecule has 0 aliphatic rings. The van der Waals surface area contributed by atoms with E-state index in [-0.39, 0.29) is 6.10 Å². The number of benzene rings is 2. The second kappa shape index (κ2) is 9.94. The molecule has 0 aliphatic heterocycles. The minimum absolute atomic E-state index is 0.0265. The van der Waals surface area contributed by atoms with E-state index in [9.17, 15) is 9.59 Å². The maximum Gasteiger partial charge on any atom is 0.249 e. The van der Waals surface area contributed by atoms with E-state index in [4.69, 9.17) is 27.9 Å². The Balaban J connectivity index is 1.92. The SMILES string of the molecule is CC(C)Oc1ccc(Cl)cc1C=NNC(=O)CC(=O)Nc1ccccc1Cl. The van der Waals surface area contributed by atoms with Crippen molar-refractivity contribution in [2.24, 2.45) is 5.10 Å². The number of ether oxygens (including phenoxy) is 1. The molecule has 2 aromatic rings. The van der Waals surface area contributed by atoms with Crippen molar-refractivity contribution in [3.63, 3.8) is 0 Å². The smallest absolute Gasteiger partial charge is 0.249 e. The number of nitrogens with one attached hydrogen (secondary N) is 2. The predicted octanol–water partition coefficient (Wildman–Crippen LogP) is 4.26. The van der Waals surface area contributed by atoms with Gasteiger partial charge in [0.15, 0.2) is 0 Å². The third-order valence-electron chi connectivity index (χ3n) is 3.20. The van der Waals surface area contributed by atoms with Gasteiger partial charge in [-0.05, 0) is 44.2 Å². The van der Waals surface area contributed by atoms with Crippen molar-refractivity contribution in [1.82, 2.24) is 5.43 Å². The number of halogens is 2. The largest absolute Gasteiger partial charge is 0.490 e. The standard InChI is InChI=1S/C19H19Cl2N3O3/c1-12(2)27-17-8-7-14(20)9-13(17)11-22-24-19(26)10-18(25)23-16-6-4-3-5-15(16)21/h3-9,11-12H,10H2,1-2H3,(H,23,25)(H,24,26). The molecule has 0 bridgehead atoms. The van der Waals surface area contributed by atoms with Crippen LogP contribution in [-0.4, -0.2) is 24.1 Å². The van der Waals surface area contributed by atoms with Crippen molar-refractivity contribution in [3.05, 3.63) is 58.1 Å². The monoisotopic (exact) mass is 407 g/mol. The highest BCUT2D eigenvalue weighted by Gasteiger charge is 2.11. The van der Waals surface area contributed by atoms with E-state index in [1.54, 1.807) is 42.5 Å². The first-order chi connectivity index (χ1) is 12.8. The van der Waals surface area contributed by atoms with Gasteiger partial charge in [-0.2, -0.15) is 5.10 Å². The average molecular weight is 408 g/mol. The van der Waals surface area contributed by atoms with Gasteiger partial charge >= 0.3 is 0 Å². The van der Waals surface area contributed by atoms with E-state index in [0.717, 1.165) is 0 Å². The molecule has 27 heavy (non-hydrogen) atoms. The van der Waals surface area contributed by atoms with E-state index < -0.39 is 18.2 Å². The van der Waals surface area contributed by atoms with Gasteiger partial charge in [-0.1, -0.05) is 35.3 Å². The highest BCUT2D eigenvalue weighted by Crippen LogP contribution is 2.22. The number of hydrogen-bond acceptors (Lipinski definition) is 4. The Labute approximate surface area is 167 Å². The Hall–Kier alpha value is -2.57.